The molecule has 0 aliphatic carbocycles. The fourth-order valence-electron chi connectivity index (χ4n) is 2.91. The molecule has 0 radical (unpaired) electrons. The number of aryl methyl sites for hydroxylation is 1. The molecule has 0 aliphatic rings. The van der Waals surface area contributed by atoms with Gasteiger partial charge in [-0.25, -0.2) is 0 Å². The predicted octanol–water partition coefficient (Wildman–Crippen LogP) is 5.38. The topological polar surface area (TPSA) is 29.1 Å². The van der Waals surface area contributed by atoms with Crippen molar-refractivity contribution >= 4 is 17.7 Å². The van der Waals surface area contributed by atoms with E-state index >= 15 is 0 Å². The molecule has 0 aromatic heterocycles. The molecule has 0 aliphatic heterocycles. The highest BCUT2D eigenvalue weighted by molar-refractivity contribution is 8.00. The van der Waals surface area contributed by atoms with Crippen LogP contribution >= 0.6 is 11.8 Å². The second kappa shape index (κ2) is 8.72. The number of nitrogens with one attached hydrogen (secondary N) is 1. The van der Waals surface area contributed by atoms with E-state index in [9.17, 15) is 4.79 Å². The summed E-state index contributed by atoms with van der Waals surface area (Å²) in [6.07, 6.45) is 0. The van der Waals surface area contributed by atoms with Crippen molar-refractivity contribution < 1.29 is 4.79 Å². The minimum absolute atomic E-state index is 0.0379. The number of thioether (sulfide) groups is 1. The highest BCUT2D eigenvalue weighted by Crippen LogP contribution is 2.27. The molecule has 2 nitrogen and oxygen atoms in total. The molecule has 0 bridgehead atoms. The van der Waals surface area contributed by atoms with Crippen molar-refractivity contribution in [3.05, 3.63) is 102 Å². The van der Waals surface area contributed by atoms with Crippen molar-refractivity contribution in [2.75, 3.05) is 0 Å². The molecule has 0 fully saturated rings. The van der Waals surface area contributed by atoms with E-state index < -0.39 is 0 Å². The fourth-order valence-corrected chi connectivity index (χ4v) is 3.81. The number of benzene rings is 3. The van der Waals surface area contributed by atoms with Gasteiger partial charge in [0.25, 0.3) is 0 Å². The molecule has 3 rings (SSSR count). The first kappa shape index (κ1) is 18.3. The fraction of sp³-hybridized carbons (Fsp3) is 0.174. The highest BCUT2D eigenvalue weighted by Gasteiger charge is 2.22. The molecular weight excluding hydrogens is 338 g/mol. The Labute approximate surface area is 159 Å². The Kier molecular flexibility index (Phi) is 6.13. The van der Waals surface area contributed by atoms with E-state index in [-0.39, 0.29) is 17.2 Å². The quantitative estimate of drug-likeness (QED) is 0.597. The van der Waals surface area contributed by atoms with Gasteiger partial charge in [-0.15, -0.1) is 11.8 Å². The average molecular weight is 362 g/mol. The lowest BCUT2D eigenvalue weighted by Gasteiger charge is -2.23. The molecule has 3 aromatic rings. The summed E-state index contributed by atoms with van der Waals surface area (Å²) in [5.41, 5.74) is 3.39. The molecule has 0 heterocycles. The first-order valence-corrected chi connectivity index (χ1v) is 9.65. The maximum absolute atomic E-state index is 12.9. The van der Waals surface area contributed by atoms with Crippen LogP contribution in [0.5, 0.6) is 0 Å². The monoisotopic (exact) mass is 361 g/mol. The first-order valence-electron chi connectivity index (χ1n) is 8.77. The van der Waals surface area contributed by atoms with Crippen LogP contribution in [0.3, 0.4) is 0 Å². The number of hydrogen-bond acceptors (Lipinski definition) is 2. The summed E-state index contributed by atoms with van der Waals surface area (Å²) in [7, 11) is 0. The van der Waals surface area contributed by atoms with Crippen molar-refractivity contribution in [3.63, 3.8) is 0 Å². The lowest BCUT2D eigenvalue weighted by Crippen LogP contribution is -2.35. The third kappa shape index (κ3) is 4.55. The van der Waals surface area contributed by atoms with Crippen LogP contribution in [0.25, 0.3) is 0 Å². The van der Waals surface area contributed by atoms with Crippen molar-refractivity contribution in [3.8, 4) is 0 Å². The van der Waals surface area contributed by atoms with Crippen LogP contribution in [0.4, 0.5) is 0 Å². The molecule has 0 saturated carbocycles. The SMILES string of the molecule is Cc1ccccc1C(NC(=O)C(C)Sc1ccccc1)c1ccccc1. The summed E-state index contributed by atoms with van der Waals surface area (Å²) >= 11 is 1.58. The van der Waals surface area contributed by atoms with Crippen LogP contribution in [0.15, 0.2) is 89.8 Å². The van der Waals surface area contributed by atoms with Gasteiger partial charge in [-0.2, -0.15) is 0 Å². The molecule has 0 spiro atoms. The molecule has 3 aromatic carbocycles. The van der Waals surface area contributed by atoms with E-state index in [2.05, 4.69) is 36.5 Å². The Balaban J connectivity index is 1.82. The summed E-state index contributed by atoms with van der Waals surface area (Å²) < 4.78 is 0. The van der Waals surface area contributed by atoms with E-state index in [1.165, 1.54) is 5.56 Å². The smallest absolute Gasteiger partial charge is 0.233 e. The molecule has 0 saturated heterocycles. The third-order valence-corrected chi connectivity index (χ3v) is 5.46. The summed E-state index contributed by atoms with van der Waals surface area (Å²) in [6, 6.07) is 28.2. The second-order valence-corrected chi connectivity index (χ2v) is 7.70. The molecular formula is C23H23NOS. The maximum atomic E-state index is 12.9. The van der Waals surface area contributed by atoms with Crippen LogP contribution in [0.2, 0.25) is 0 Å². The summed E-state index contributed by atoms with van der Waals surface area (Å²) in [4.78, 5) is 14.0. The van der Waals surface area contributed by atoms with E-state index in [1.807, 2.05) is 67.6 Å². The summed E-state index contributed by atoms with van der Waals surface area (Å²) in [5, 5.41) is 3.08. The highest BCUT2D eigenvalue weighted by atomic mass is 32.2. The van der Waals surface area contributed by atoms with E-state index in [0.29, 0.717) is 0 Å². The number of rotatable bonds is 6. The van der Waals surface area contributed by atoms with E-state index in [0.717, 1.165) is 16.0 Å². The van der Waals surface area contributed by atoms with Gasteiger partial charge >= 0.3 is 0 Å². The van der Waals surface area contributed by atoms with Gasteiger partial charge in [-0.05, 0) is 42.7 Å². The molecule has 1 N–H and O–H groups in total. The van der Waals surface area contributed by atoms with E-state index in [1.54, 1.807) is 11.8 Å². The van der Waals surface area contributed by atoms with Gasteiger partial charge in [0, 0.05) is 4.90 Å². The lowest BCUT2D eigenvalue weighted by atomic mass is 9.95. The van der Waals surface area contributed by atoms with E-state index in [4.69, 9.17) is 0 Å². The number of amides is 1. The maximum Gasteiger partial charge on any atom is 0.233 e. The molecule has 26 heavy (non-hydrogen) atoms. The molecule has 3 heteroatoms. The zero-order valence-corrected chi connectivity index (χ0v) is 15.9. The normalized spacial score (nSPS) is 13.0. The van der Waals surface area contributed by atoms with Gasteiger partial charge < -0.3 is 5.32 Å². The average Bonchev–Trinajstić information content (AvgIpc) is 2.68. The minimum atomic E-state index is -0.173. The van der Waals surface area contributed by atoms with Gasteiger partial charge in [-0.1, -0.05) is 72.8 Å². The largest absolute Gasteiger partial charge is 0.344 e. The minimum Gasteiger partial charge on any atom is -0.344 e. The van der Waals surface area contributed by atoms with Gasteiger partial charge in [0.05, 0.1) is 11.3 Å². The molecule has 2 atom stereocenters. The Hall–Kier alpha value is -2.52. The van der Waals surface area contributed by atoms with Gasteiger partial charge in [0.2, 0.25) is 5.91 Å². The summed E-state index contributed by atoms with van der Waals surface area (Å²) in [6.45, 7) is 4.03. The standard InChI is InChI=1S/C23H23NOS/c1-17-11-9-10-16-21(17)22(19-12-5-3-6-13-19)24-23(25)18(2)26-20-14-7-4-8-15-20/h3-16,18,22H,1-2H3,(H,24,25). The van der Waals surface area contributed by atoms with Gasteiger partial charge in [0.1, 0.15) is 0 Å². The molecule has 132 valence electrons. The van der Waals surface area contributed by atoms with Crippen molar-refractivity contribution in [2.45, 2.75) is 30.0 Å². The molecule has 2 unspecified atom stereocenters. The Morgan fingerprint density at radius 2 is 1.42 bits per heavy atom. The number of carbonyl (C=O) groups excluding carboxylic acids is 1. The van der Waals surface area contributed by atoms with Crippen LogP contribution in [-0.4, -0.2) is 11.2 Å². The predicted molar refractivity (Wildman–Crippen MR) is 109 cm³/mol. The Morgan fingerprint density at radius 3 is 2.08 bits per heavy atom. The zero-order valence-electron chi connectivity index (χ0n) is 15.1. The van der Waals surface area contributed by atoms with Gasteiger partial charge in [0.15, 0.2) is 0 Å². The van der Waals surface area contributed by atoms with Crippen molar-refractivity contribution in [1.82, 2.24) is 5.32 Å². The summed E-state index contributed by atoms with van der Waals surface area (Å²) in [5.74, 6) is 0.0379. The number of hydrogen-bond donors (Lipinski definition) is 1. The van der Waals surface area contributed by atoms with Crippen LogP contribution in [-0.2, 0) is 4.79 Å². The van der Waals surface area contributed by atoms with Crippen LogP contribution < -0.4 is 5.32 Å². The van der Waals surface area contributed by atoms with Crippen LogP contribution in [0, 0.1) is 6.92 Å². The van der Waals surface area contributed by atoms with Crippen molar-refractivity contribution in [1.29, 1.82) is 0 Å². The zero-order chi connectivity index (χ0) is 18.4. The first-order chi connectivity index (χ1) is 12.6. The number of carbonyl (C=O) groups is 1. The van der Waals surface area contributed by atoms with Crippen molar-refractivity contribution in [2.24, 2.45) is 0 Å². The second-order valence-electron chi connectivity index (χ2n) is 6.28. The Morgan fingerprint density at radius 1 is 0.846 bits per heavy atom. The molecule has 1 amide bonds. The Bertz CT molecular complexity index is 848. The lowest BCUT2D eigenvalue weighted by molar-refractivity contribution is -0.120. The van der Waals surface area contributed by atoms with Gasteiger partial charge in [-0.3, -0.25) is 4.79 Å². The van der Waals surface area contributed by atoms with Crippen LogP contribution in [0.1, 0.15) is 29.7 Å². The third-order valence-electron chi connectivity index (χ3n) is 4.34.